The third-order valence-electron chi connectivity index (χ3n) is 3.93. The van der Waals surface area contributed by atoms with Gasteiger partial charge in [-0.3, -0.25) is 4.90 Å². The van der Waals surface area contributed by atoms with Crippen LogP contribution < -0.4 is 4.72 Å². The smallest absolute Gasteiger partial charge is 0.250 e. The lowest BCUT2D eigenvalue weighted by Gasteiger charge is -2.32. The minimum atomic E-state index is -3.38. The highest BCUT2D eigenvalue weighted by atomic mass is 35.5. The zero-order valence-corrected chi connectivity index (χ0v) is 15.0. The molecule has 0 radical (unpaired) electrons. The van der Waals surface area contributed by atoms with Gasteiger partial charge in [-0.15, -0.1) is 11.3 Å². The largest absolute Gasteiger partial charge is 0.448 e. The molecule has 8 heteroatoms. The predicted molar refractivity (Wildman–Crippen MR) is 91.2 cm³/mol. The Labute approximate surface area is 145 Å². The number of hydrogen-bond acceptors (Lipinski definition) is 5. The third-order valence-corrected chi connectivity index (χ3v) is 6.96. The highest BCUT2D eigenvalue weighted by molar-refractivity contribution is 7.91. The van der Waals surface area contributed by atoms with Crippen LogP contribution in [-0.2, 0) is 16.6 Å². The van der Waals surface area contributed by atoms with E-state index in [4.69, 9.17) is 16.0 Å². The number of thiophene rings is 1. The molecule has 1 aliphatic heterocycles. The van der Waals surface area contributed by atoms with Gasteiger partial charge in [0.25, 0.3) is 0 Å². The van der Waals surface area contributed by atoms with Crippen LogP contribution in [0.4, 0.5) is 0 Å². The number of halogens is 1. The summed E-state index contributed by atoms with van der Waals surface area (Å²) in [5.74, 6) is 1.15. The Morgan fingerprint density at radius 3 is 2.96 bits per heavy atom. The van der Waals surface area contributed by atoms with Crippen molar-refractivity contribution in [1.82, 2.24) is 9.62 Å². The quantitative estimate of drug-likeness (QED) is 0.843. The average molecular weight is 375 g/mol. The SMILES string of the molecule is O=S(=O)(NCC1CCCN(Cc2ccc(Cl)o2)C1)c1cccs1. The van der Waals surface area contributed by atoms with Gasteiger partial charge in [-0.1, -0.05) is 6.07 Å². The monoisotopic (exact) mass is 374 g/mol. The molecule has 1 unspecified atom stereocenters. The van der Waals surface area contributed by atoms with E-state index in [0.29, 0.717) is 28.4 Å². The lowest BCUT2D eigenvalue weighted by atomic mass is 9.98. The van der Waals surface area contributed by atoms with Gasteiger partial charge in [0.2, 0.25) is 10.0 Å². The van der Waals surface area contributed by atoms with Gasteiger partial charge in [-0.05, 0) is 60.5 Å². The van der Waals surface area contributed by atoms with E-state index in [9.17, 15) is 8.42 Å². The summed E-state index contributed by atoms with van der Waals surface area (Å²) in [6, 6.07) is 7.00. The molecule has 0 saturated carbocycles. The van der Waals surface area contributed by atoms with Crippen molar-refractivity contribution in [3.63, 3.8) is 0 Å². The first kappa shape index (κ1) is 17.0. The maximum atomic E-state index is 12.2. The summed E-state index contributed by atoms with van der Waals surface area (Å²) in [7, 11) is -3.38. The first-order valence-electron chi connectivity index (χ1n) is 7.53. The molecule has 1 atom stereocenters. The zero-order chi connectivity index (χ0) is 16.3. The Bertz CT molecular complexity index is 728. The molecule has 3 heterocycles. The Hall–Kier alpha value is -0.860. The van der Waals surface area contributed by atoms with Crippen LogP contribution in [0.2, 0.25) is 5.22 Å². The average Bonchev–Trinajstić information content (AvgIpc) is 3.18. The first-order valence-corrected chi connectivity index (χ1v) is 10.3. The van der Waals surface area contributed by atoms with Gasteiger partial charge >= 0.3 is 0 Å². The first-order chi connectivity index (χ1) is 11.0. The van der Waals surface area contributed by atoms with E-state index in [2.05, 4.69) is 9.62 Å². The van der Waals surface area contributed by atoms with Gasteiger partial charge in [0.15, 0.2) is 5.22 Å². The molecule has 0 aromatic carbocycles. The minimum Gasteiger partial charge on any atom is -0.448 e. The fraction of sp³-hybridized carbons (Fsp3) is 0.467. The molecule has 0 aliphatic carbocycles. The van der Waals surface area contributed by atoms with Crippen LogP contribution in [0.1, 0.15) is 18.6 Å². The van der Waals surface area contributed by atoms with Gasteiger partial charge in [0.1, 0.15) is 9.97 Å². The van der Waals surface area contributed by atoms with E-state index in [1.54, 1.807) is 23.6 Å². The van der Waals surface area contributed by atoms with Crippen molar-refractivity contribution in [1.29, 1.82) is 0 Å². The maximum Gasteiger partial charge on any atom is 0.250 e. The highest BCUT2D eigenvalue weighted by Gasteiger charge is 2.23. The lowest BCUT2D eigenvalue weighted by Crippen LogP contribution is -2.40. The summed E-state index contributed by atoms with van der Waals surface area (Å²) in [5, 5.41) is 2.17. The van der Waals surface area contributed by atoms with Crippen molar-refractivity contribution < 1.29 is 12.8 Å². The molecule has 5 nitrogen and oxygen atoms in total. The van der Waals surface area contributed by atoms with Crippen LogP contribution >= 0.6 is 22.9 Å². The number of likely N-dealkylation sites (tertiary alicyclic amines) is 1. The molecule has 1 fully saturated rings. The predicted octanol–water partition coefficient (Wildman–Crippen LogP) is 3.19. The lowest BCUT2D eigenvalue weighted by molar-refractivity contribution is 0.158. The Morgan fingerprint density at radius 1 is 1.39 bits per heavy atom. The Morgan fingerprint density at radius 2 is 2.26 bits per heavy atom. The van der Waals surface area contributed by atoms with Gasteiger partial charge in [-0.2, -0.15) is 0 Å². The zero-order valence-electron chi connectivity index (χ0n) is 12.6. The Kier molecular flexibility index (Phi) is 5.43. The van der Waals surface area contributed by atoms with Crippen molar-refractivity contribution in [2.75, 3.05) is 19.6 Å². The molecule has 1 saturated heterocycles. The van der Waals surface area contributed by atoms with Crippen LogP contribution in [0.25, 0.3) is 0 Å². The van der Waals surface area contributed by atoms with Crippen molar-refractivity contribution in [2.24, 2.45) is 5.92 Å². The molecule has 3 rings (SSSR count). The van der Waals surface area contributed by atoms with E-state index in [-0.39, 0.29) is 0 Å². The van der Waals surface area contributed by atoms with Gasteiger partial charge < -0.3 is 4.42 Å². The summed E-state index contributed by atoms with van der Waals surface area (Å²) in [6.07, 6.45) is 2.09. The standard InChI is InChI=1S/C15H19ClN2O3S2/c16-14-6-5-13(21-14)11-18-7-1-3-12(10-18)9-17-23(19,20)15-4-2-8-22-15/h2,4-6,8,12,17H,1,3,7,9-11H2. The van der Waals surface area contributed by atoms with E-state index < -0.39 is 10.0 Å². The van der Waals surface area contributed by atoms with Gasteiger partial charge in [0.05, 0.1) is 6.54 Å². The normalized spacial score (nSPS) is 20.0. The van der Waals surface area contributed by atoms with Crippen LogP contribution in [0, 0.1) is 5.92 Å². The van der Waals surface area contributed by atoms with Gasteiger partial charge in [0, 0.05) is 13.1 Å². The number of hydrogen-bond donors (Lipinski definition) is 1. The van der Waals surface area contributed by atoms with Crippen LogP contribution in [0.3, 0.4) is 0 Å². The minimum absolute atomic E-state index is 0.309. The summed E-state index contributed by atoms with van der Waals surface area (Å²) in [4.78, 5) is 2.28. The van der Waals surface area contributed by atoms with E-state index in [1.165, 1.54) is 11.3 Å². The molecule has 1 N–H and O–H groups in total. The molecule has 2 aromatic heterocycles. The molecular formula is C15H19ClN2O3S2. The summed E-state index contributed by atoms with van der Waals surface area (Å²) in [6.45, 7) is 3.02. The summed E-state index contributed by atoms with van der Waals surface area (Å²) < 4.78 is 32.8. The summed E-state index contributed by atoms with van der Waals surface area (Å²) >= 11 is 7.03. The second-order valence-electron chi connectivity index (χ2n) is 5.73. The molecule has 126 valence electrons. The Balaban J connectivity index is 1.52. The maximum absolute atomic E-state index is 12.2. The second kappa shape index (κ2) is 7.36. The van der Waals surface area contributed by atoms with E-state index >= 15 is 0 Å². The van der Waals surface area contributed by atoms with Crippen LogP contribution in [-0.4, -0.2) is 33.0 Å². The second-order valence-corrected chi connectivity index (χ2v) is 9.05. The fourth-order valence-corrected chi connectivity index (χ4v) is 5.15. The fourth-order valence-electron chi connectivity index (χ4n) is 2.83. The number of piperidine rings is 1. The van der Waals surface area contributed by atoms with Crippen molar-refractivity contribution in [3.8, 4) is 0 Å². The highest BCUT2D eigenvalue weighted by Crippen LogP contribution is 2.21. The van der Waals surface area contributed by atoms with Gasteiger partial charge in [-0.25, -0.2) is 13.1 Å². The molecule has 2 aromatic rings. The van der Waals surface area contributed by atoms with E-state index in [0.717, 1.165) is 31.7 Å². The number of sulfonamides is 1. The molecule has 1 aliphatic rings. The van der Waals surface area contributed by atoms with E-state index in [1.807, 2.05) is 6.07 Å². The molecule has 23 heavy (non-hydrogen) atoms. The topological polar surface area (TPSA) is 62.6 Å². The molecule has 0 spiro atoms. The van der Waals surface area contributed by atoms with Crippen molar-refractivity contribution >= 4 is 33.0 Å². The number of nitrogens with one attached hydrogen (secondary N) is 1. The number of rotatable bonds is 6. The summed E-state index contributed by atoms with van der Waals surface area (Å²) in [5.41, 5.74) is 0. The van der Waals surface area contributed by atoms with Crippen molar-refractivity contribution in [2.45, 2.75) is 23.6 Å². The molecule has 0 amide bonds. The third kappa shape index (κ3) is 4.58. The number of furan rings is 1. The molecular weight excluding hydrogens is 356 g/mol. The van der Waals surface area contributed by atoms with Crippen LogP contribution in [0.15, 0.2) is 38.3 Å². The number of nitrogens with zero attached hydrogens (tertiary/aromatic N) is 1. The van der Waals surface area contributed by atoms with Crippen LogP contribution in [0.5, 0.6) is 0 Å². The molecule has 0 bridgehead atoms. The van der Waals surface area contributed by atoms with Crippen molar-refractivity contribution in [3.05, 3.63) is 40.6 Å².